The molecule has 22 heavy (non-hydrogen) atoms. The first kappa shape index (κ1) is 16.5. The van der Waals surface area contributed by atoms with Crippen LogP contribution < -0.4 is 0 Å². The topological polar surface area (TPSA) is 26.7 Å². The minimum absolute atomic E-state index is 0.549. The second kappa shape index (κ2) is 7.50. The summed E-state index contributed by atoms with van der Waals surface area (Å²) < 4.78 is 0. The van der Waals surface area contributed by atoms with Crippen molar-refractivity contribution in [2.75, 3.05) is 32.7 Å². The number of hydrogen-bond acceptors (Lipinski definition) is 3. The molecule has 0 amide bonds. The van der Waals surface area contributed by atoms with Crippen LogP contribution in [0, 0.1) is 0 Å². The highest BCUT2D eigenvalue weighted by molar-refractivity contribution is 6.35. The van der Waals surface area contributed by atoms with Gasteiger partial charge < -0.3 is 5.11 Å². The van der Waals surface area contributed by atoms with E-state index in [-0.39, 0.29) is 0 Å². The molecule has 2 aliphatic heterocycles. The van der Waals surface area contributed by atoms with Gasteiger partial charge in [0.1, 0.15) is 0 Å². The van der Waals surface area contributed by atoms with Crippen molar-refractivity contribution in [2.45, 2.75) is 37.8 Å². The molecular weight excluding hydrogens is 319 g/mol. The molecule has 122 valence electrons. The Hall–Kier alpha value is -0.320. The molecule has 3 nitrogen and oxygen atoms in total. The second-order valence-electron chi connectivity index (χ2n) is 6.48. The average molecular weight is 343 g/mol. The number of halogens is 2. The third-order valence-electron chi connectivity index (χ3n) is 4.89. The molecule has 3 rings (SSSR count). The molecule has 0 bridgehead atoms. The van der Waals surface area contributed by atoms with Crippen LogP contribution in [0.15, 0.2) is 18.2 Å². The Morgan fingerprint density at radius 3 is 2.64 bits per heavy atom. The minimum Gasteiger partial charge on any atom is -0.387 e. The summed E-state index contributed by atoms with van der Waals surface area (Å²) in [5, 5.41) is 11.7. The molecule has 5 heteroatoms. The Morgan fingerprint density at radius 2 is 1.91 bits per heavy atom. The highest BCUT2D eigenvalue weighted by Crippen LogP contribution is 2.28. The number of piperidine rings is 1. The summed E-state index contributed by atoms with van der Waals surface area (Å²) in [6, 6.07) is 5.97. The number of β-amino-alcohol motifs (C(OH)–C–C–N with tert-alkyl or cyclic N) is 1. The van der Waals surface area contributed by atoms with E-state index in [1.807, 2.05) is 6.07 Å². The van der Waals surface area contributed by atoms with E-state index in [0.29, 0.717) is 22.6 Å². The lowest BCUT2D eigenvalue weighted by Crippen LogP contribution is -2.47. The number of rotatable bonds is 4. The molecular formula is C17H24Cl2N2O. The van der Waals surface area contributed by atoms with Crippen LogP contribution in [0.2, 0.25) is 10.0 Å². The molecule has 2 heterocycles. The molecule has 1 aromatic rings. The van der Waals surface area contributed by atoms with Gasteiger partial charge in [-0.3, -0.25) is 9.80 Å². The predicted molar refractivity (Wildman–Crippen MR) is 91.7 cm³/mol. The summed E-state index contributed by atoms with van der Waals surface area (Å²) >= 11 is 12.1. The molecule has 0 aliphatic carbocycles. The molecule has 2 aliphatic rings. The summed E-state index contributed by atoms with van der Waals surface area (Å²) in [5.41, 5.74) is 0.773. The summed E-state index contributed by atoms with van der Waals surface area (Å²) in [4.78, 5) is 5.00. The van der Waals surface area contributed by atoms with E-state index < -0.39 is 6.10 Å². The standard InChI is InChI=1S/C17H24Cl2N2O/c18-13-5-6-15(16(19)10-13)17(22)12-20-7-3-4-14(11-20)21-8-1-2-9-21/h5-6,10,14,17,22H,1-4,7-9,11-12H2. The van der Waals surface area contributed by atoms with Gasteiger partial charge in [0.2, 0.25) is 0 Å². The van der Waals surface area contributed by atoms with Crippen LogP contribution in [0.25, 0.3) is 0 Å². The van der Waals surface area contributed by atoms with Crippen molar-refractivity contribution in [1.82, 2.24) is 9.80 Å². The SMILES string of the molecule is OC(CN1CCCC(N2CCCC2)C1)c1ccc(Cl)cc1Cl. The first-order valence-corrected chi connectivity index (χ1v) is 8.98. The highest BCUT2D eigenvalue weighted by atomic mass is 35.5. The maximum atomic E-state index is 10.5. The van der Waals surface area contributed by atoms with Crippen LogP contribution in [0.1, 0.15) is 37.4 Å². The van der Waals surface area contributed by atoms with Gasteiger partial charge in [-0.2, -0.15) is 0 Å². The summed E-state index contributed by atoms with van der Waals surface area (Å²) in [5.74, 6) is 0. The fourth-order valence-electron chi connectivity index (χ4n) is 3.72. The van der Waals surface area contributed by atoms with Gasteiger partial charge in [0.05, 0.1) is 6.10 Å². The monoisotopic (exact) mass is 342 g/mol. The van der Waals surface area contributed by atoms with Crippen LogP contribution in [0.4, 0.5) is 0 Å². The molecule has 1 N–H and O–H groups in total. The quantitative estimate of drug-likeness (QED) is 0.905. The van der Waals surface area contributed by atoms with Crippen molar-refractivity contribution in [3.05, 3.63) is 33.8 Å². The third kappa shape index (κ3) is 3.95. The first-order chi connectivity index (χ1) is 10.6. The van der Waals surface area contributed by atoms with E-state index >= 15 is 0 Å². The number of benzene rings is 1. The van der Waals surface area contributed by atoms with Crippen molar-refractivity contribution in [1.29, 1.82) is 0 Å². The zero-order valence-corrected chi connectivity index (χ0v) is 14.4. The van der Waals surface area contributed by atoms with E-state index in [0.717, 1.165) is 18.7 Å². The molecule has 2 atom stereocenters. The molecule has 0 radical (unpaired) electrons. The van der Waals surface area contributed by atoms with Gasteiger partial charge in [-0.15, -0.1) is 0 Å². The third-order valence-corrected chi connectivity index (χ3v) is 5.45. The second-order valence-corrected chi connectivity index (χ2v) is 7.32. The molecule has 0 spiro atoms. The van der Waals surface area contributed by atoms with Crippen molar-refractivity contribution < 1.29 is 5.11 Å². The fraction of sp³-hybridized carbons (Fsp3) is 0.647. The van der Waals surface area contributed by atoms with Crippen LogP contribution in [0.5, 0.6) is 0 Å². The number of aliphatic hydroxyl groups is 1. The van der Waals surface area contributed by atoms with Gasteiger partial charge in [-0.25, -0.2) is 0 Å². The maximum Gasteiger partial charge on any atom is 0.0931 e. The van der Waals surface area contributed by atoms with E-state index in [1.54, 1.807) is 12.1 Å². The predicted octanol–water partition coefficient (Wildman–Crippen LogP) is 3.59. The molecule has 2 unspecified atom stereocenters. The molecule has 0 aromatic heterocycles. The van der Waals surface area contributed by atoms with Gasteiger partial charge in [0.15, 0.2) is 0 Å². The van der Waals surface area contributed by atoms with Crippen LogP contribution in [0.3, 0.4) is 0 Å². The summed E-state index contributed by atoms with van der Waals surface area (Å²) in [7, 11) is 0. The largest absolute Gasteiger partial charge is 0.387 e. The van der Waals surface area contributed by atoms with Gasteiger partial charge in [0, 0.05) is 34.7 Å². The average Bonchev–Trinajstić information content (AvgIpc) is 3.01. The zero-order valence-electron chi connectivity index (χ0n) is 12.8. The van der Waals surface area contributed by atoms with Crippen molar-refractivity contribution in [2.24, 2.45) is 0 Å². The first-order valence-electron chi connectivity index (χ1n) is 8.23. The lowest BCUT2D eigenvalue weighted by atomic mass is 10.0. The lowest BCUT2D eigenvalue weighted by molar-refractivity contribution is 0.0651. The smallest absolute Gasteiger partial charge is 0.0931 e. The molecule has 2 saturated heterocycles. The Morgan fingerprint density at radius 1 is 1.14 bits per heavy atom. The Bertz CT molecular complexity index is 505. The molecule has 2 fully saturated rings. The van der Waals surface area contributed by atoms with E-state index in [9.17, 15) is 5.11 Å². The Labute approximate surface area is 142 Å². The maximum absolute atomic E-state index is 10.5. The van der Waals surface area contributed by atoms with Crippen LogP contribution >= 0.6 is 23.2 Å². The van der Waals surface area contributed by atoms with Crippen molar-refractivity contribution in [3.63, 3.8) is 0 Å². The number of hydrogen-bond donors (Lipinski definition) is 1. The fourth-order valence-corrected chi connectivity index (χ4v) is 4.25. The Balaban J connectivity index is 1.59. The highest BCUT2D eigenvalue weighted by Gasteiger charge is 2.28. The van der Waals surface area contributed by atoms with Gasteiger partial charge in [-0.1, -0.05) is 29.3 Å². The lowest BCUT2D eigenvalue weighted by Gasteiger charge is -2.38. The van der Waals surface area contributed by atoms with E-state index in [4.69, 9.17) is 23.2 Å². The van der Waals surface area contributed by atoms with Gasteiger partial charge >= 0.3 is 0 Å². The van der Waals surface area contributed by atoms with E-state index in [2.05, 4.69) is 9.80 Å². The number of likely N-dealkylation sites (tertiary alicyclic amines) is 2. The molecule has 1 aromatic carbocycles. The van der Waals surface area contributed by atoms with Crippen molar-refractivity contribution in [3.8, 4) is 0 Å². The van der Waals surface area contributed by atoms with Gasteiger partial charge in [-0.05, 0) is 57.5 Å². The summed E-state index contributed by atoms with van der Waals surface area (Å²) in [6.07, 6.45) is 4.61. The normalized spacial score (nSPS) is 25.5. The number of aliphatic hydroxyl groups excluding tert-OH is 1. The Kier molecular flexibility index (Phi) is 5.64. The van der Waals surface area contributed by atoms with E-state index in [1.165, 1.54) is 38.8 Å². The number of nitrogens with zero attached hydrogens (tertiary/aromatic N) is 2. The molecule has 0 saturated carbocycles. The summed E-state index contributed by atoms with van der Waals surface area (Å²) in [6.45, 7) is 5.24. The van der Waals surface area contributed by atoms with Crippen molar-refractivity contribution >= 4 is 23.2 Å². The van der Waals surface area contributed by atoms with Gasteiger partial charge in [0.25, 0.3) is 0 Å². The van der Waals surface area contributed by atoms with Crippen LogP contribution in [-0.4, -0.2) is 53.7 Å². The minimum atomic E-state index is -0.554. The van der Waals surface area contributed by atoms with Crippen LogP contribution in [-0.2, 0) is 0 Å². The zero-order chi connectivity index (χ0) is 15.5.